The van der Waals surface area contributed by atoms with Gasteiger partial charge in [0.15, 0.2) is 0 Å². The summed E-state index contributed by atoms with van der Waals surface area (Å²) in [5.74, 6) is 0.774. The molecular weight excluding hydrogens is 290 g/mol. The van der Waals surface area contributed by atoms with E-state index >= 15 is 0 Å². The van der Waals surface area contributed by atoms with Gasteiger partial charge in [-0.3, -0.25) is 4.79 Å². The third-order valence-electron chi connectivity index (χ3n) is 2.59. The second kappa shape index (κ2) is 7.63. The zero-order chi connectivity index (χ0) is 15.1. The molecule has 0 unspecified atom stereocenters. The Morgan fingerprint density at radius 1 is 1.38 bits per heavy atom. The average Bonchev–Trinajstić information content (AvgIpc) is 2.95. The molecular formula is C13H17N5O2S. The molecule has 2 aromatic rings. The van der Waals surface area contributed by atoms with Crippen molar-refractivity contribution in [3.8, 4) is 5.75 Å². The molecule has 0 atom stereocenters. The molecule has 1 heterocycles. The second-order valence-electron chi connectivity index (χ2n) is 4.04. The van der Waals surface area contributed by atoms with Gasteiger partial charge in [0, 0.05) is 6.54 Å². The molecule has 112 valence electrons. The van der Waals surface area contributed by atoms with E-state index in [0.29, 0.717) is 29.7 Å². The van der Waals surface area contributed by atoms with E-state index in [-0.39, 0.29) is 11.7 Å². The molecule has 7 nitrogen and oxygen atoms in total. The largest absolute Gasteiger partial charge is 0.492 e. The minimum absolute atomic E-state index is 0.127. The van der Waals surface area contributed by atoms with Crippen LogP contribution in [0.5, 0.6) is 5.75 Å². The second-order valence-corrected chi connectivity index (χ2v) is 4.99. The van der Waals surface area contributed by atoms with Crippen LogP contribution in [0.2, 0.25) is 0 Å². The number of anilines is 1. The van der Waals surface area contributed by atoms with Gasteiger partial charge in [-0.25, -0.2) is 4.68 Å². The van der Waals surface area contributed by atoms with Crippen LogP contribution in [0.15, 0.2) is 29.4 Å². The maximum atomic E-state index is 12.0. The fourth-order valence-corrected chi connectivity index (χ4v) is 2.41. The van der Waals surface area contributed by atoms with Gasteiger partial charge in [0.1, 0.15) is 5.75 Å². The number of carbonyl (C=O) groups excluding carboxylic acids is 1. The summed E-state index contributed by atoms with van der Waals surface area (Å²) >= 11 is 1.30. The van der Waals surface area contributed by atoms with Gasteiger partial charge in [0.2, 0.25) is 11.1 Å². The first kappa shape index (κ1) is 15.3. The summed E-state index contributed by atoms with van der Waals surface area (Å²) in [6, 6.07) is 7.35. The molecule has 0 radical (unpaired) electrons. The summed E-state index contributed by atoms with van der Waals surface area (Å²) in [5, 5.41) is 14.7. The maximum Gasteiger partial charge on any atom is 0.234 e. The fourth-order valence-electron chi connectivity index (χ4n) is 1.67. The molecule has 1 N–H and O–H groups in total. The van der Waals surface area contributed by atoms with Crippen LogP contribution in [0, 0.1) is 0 Å². The lowest BCUT2D eigenvalue weighted by molar-refractivity contribution is -0.113. The van der Waals surface area contributed by atoms with Crippen LogP contribution < -0.4 is 10.1 Å². The topological polar surface area (TPSA) is 81.9 Å². The number of hydrogen-bond acceptors (Lipinski definition) is 6. The number of nitrogens with zero attached hydrogens (tertiary/aromatic N) is 4. The Morgan fingerprint density at radius 3 is 2.95 bits per heavy atom. The van der Waals surface area contributed by atoms with Crippen molar-refractivity contribution >= 4 is 23.4 Å². The molecule has 0 spiro atoms. The van der Waals surface area contributed by atoms with E-state index < -0.39 is 0 Å². The van der Waals surface area contributed by atoms with Crippen LogP contribution in [0.1, 0.15) is 13.8 Å². The van der Waals surface area contributed by atoms with Gasteiger partial charge in [0.25, 0.3) is 0 Å². The number of aromatic nitrogens is 4. The van der Waals surface area contributed by atoms with Gasteiger partial charge >= 0.3 is 0 Å². The first-order valence-electron chi connectivity index (χ1n) is 6.65. The lowest BCUT2D eigenvalue weighted by Crippen LogP contribution is -2.15. The highest BCUT2D eigenvalue weighted by Crippen LogP contribution is 2.24. The van der Waals surface area contributed by atoms with E-state index in [1.54, 1.807) is 4.68 Å². The van der Waals surface area contributed by atoms with Gasteiger partial charge in [-0.15, -0.1) is 5.10 Å². The standard InChI is InChI=1S/C13H17N5O2S/c1-3-18-13(15-16-17-18)21-9-12(19)14-10-7-5-6-8-11(10)20-4-2/h5-8H,3-4,9H2,1-2H3,(H,14,19). The number of ether oxygens (including phenoxy) is 1. The zero-order valence-corrected chi connectivity index (χ0v) is 12.8. The Hall–Kier alpha value is -2.09. The zero-order valence-electron chi connectivity index (χ0n) is 11.9. The molecule has 8 heteroatoms. The molecule has 1 aromatic carbocycles. The number of aryl methyl sites for hydroxylation is 1. The van der Waals surface area contributed by atoms with E-state index in [1.165, 1.54) is 11.8 Å². The average molecular weight is 307 g/mol. The quantitative estimate of drug-likeness (QED) is 0.786. The normalized spacial score (nSPS) is 10.4. The first-order valence-corrected chi connectivity index (χ1v) is 7.63. The SMILES string of the molecule is CCOc1ccccc1NC(=O)CSc1nnnn1CC. The third kappa shape index (κ3) is 4.19. The molecule has 0 aliphatic heterocycles. The van der Waals surface area contributed by atoms with Crippen molar-refractivity contribution < 1.29 is 9.53 Å². The Labute approximate surface area is 127 Å². The monoisotopic (exact) mass is 307 g/mol. The Kier molecular flexibility index (Phi) is 5.56. The van der Waals surface area contributed by atoms with Gasteiger partial charge < -0.3 is 10.1 Å². The van der Waals surface area contributed by atoms with Crippen LogP contribution in [-0.2, 0) is 11.3 Å². The summed E-state index contributed by atoms with van der Waals surface area (Å²) < 4.78 is 7.11. The number of amides is 1. The number of thioether (sulfide) groups is 1. The maximum absolute atomic E-state index is 12.0. The highest BCUT2D eigenvalue weighted by atomic mass is 32.2. The van der Waals surface area contributed by atoms with E-state index in [4.69, 9.17) is 4.74 Å². The molecule has 0 aliphatic rings. The fraction of sp³-hybridized carbons (Fsp3) is 0.385. The van der Waals surface area contributed by atoms with E-state index in [1.807, 2.05) is 38.1 Å². The number of rotatable bonds is 7. The number of benzene rings is 1. The number of tetrazole rings is 1. The minimum Gasteiger partial charge on any atom is -0.492 e. The lowest BCUT2D eigenvalue weighted by atomic mass is 10.3. The molecule has 0 saturated heterocycles. The molecule has 21 heavy (non-hydrogen) atoms. The summed E-state index contributed by atoms with van der Waals surface area (Å²) in [6.07, 6.45) is 0. The van der Waals surface area contributed by atoms with Crippen LogP contribution in [-0.4, -0.2) is 38.5 Å². The predicted octanol–water partition coefficient (Wildman–Crippen LogP) is 1.82. The summed E-state index contributed by atoms with van der Waals surface area (Å²) in [4.78, 5) is 12.0. The van der Waals surface area contributed by atoms with Crippen LogP contribution >= 0.6 is 11.8 Å². The van der Waals surface area contributed by atoms with E-state index in [2.05, 4.69) is 20.8 Å². The smallest absolute Gasteiger partial charge is 0.234 e. The Morgan fingerprint density at radius 2 is 2.19 bits per heavy atom. The van der Waals surface area contributed by atoms with Crippen molar-refractivity contribution in [1.82, 2.24) is 20.2 Å². The van der Waals surface area contributed by atoms with Crippen molar-refractivity contribution in [2.75, 3.05) is 17.7 Å². The Bertz CT molecular complexity index is 602. The van der Waals surface area contributed by atoms with Crippen LogP contribution in [0.4, 0.5) is 5.69 Å². The molecule has 0 saturated carbocycles. The summed E-state index contributed by atoms with van der Waals surface area (Å²) in [6.45, 7) is 5.06. The minimum atomic E-state index is -0.127. The van der Waals surface area contributed by atoms with Crippen molar-refractivity contribution in [3.05, 3.63) is 24.3 Å². The molecule has 0 fully saturated rings. The molecule has 1 aromatic heterocycles. The summed E-state index contributed by atoms with van der Waals surface area (Å²) in [7, 11) is 0. The highest BCUT2D eigenvalue weighted by Gasteiger charge is 2.11. The van der Waals surface area contributed by atoms with E-state index in [9.17, 15) is 4.79 Å². The van der Waals surface area contributed by atoms with Crippen molar-refractivity contribution in [3.63, 3.8) is 0 Å². The molecule has 0 bridgehead atoms. The third-order valence-corrected chi connectivity index (χ3v) is 3.55. The molecule has 1 amide bonds. The van der Waals surface area contributed by atoms with Gasteiger partial charge in [-0.05, 0) is 36.4 Å². The highest BCUT2D eigenvalue weighted by molar-refractivity contribution is 7.99. The van der Waals surface area contributed by atoms with Gasteiger partial charge in [-0.1, -0.05) is 23.9 Å². The van der Waals surface area contributed by atoms with Gasteiger partial charge in [0.05, 0.1) is 18.0 Å². The Balaban J connectivity index is 1.93. The predicted molar refractivity (Wildman–Crippen MR) is 80.5 cm³/mol. The number of nitrogens with one attached hydrogen (secondary N) is 1. The number of hydrogen-bond donors (Lipinski definition) is 1. The van der Waals surface area contributed by atoms with Crippen molar-refractivity contribution in [2.24, 2.45) is 0 Å². The summed E-state index contributed by atoms with van der Waals surface area (Å²) in [5.41, 5.74) is 0.667. The van der Waals surface area contributed by atoms with Crippen LogP contribution in [0.25, 0.3) is 0 Å². The van der Waals surface area contributed by atoms with Crippen molar-refractivity contribution in [2.45, 2.75) is 25.5 Å². The number of para-hydroxylation sites is 2. The van der Waals surface area contributed by atoms with Crippen LogP contribution in [0.3, 0.4) is 0 Å². The van der Waals surface area contributed by atoms with Gasteiger partial charge in [-0.2, -0.15) is 0 Å². The first-order chi connectivity index (χ1) is 10.2. The molecule has 2 rings (SSSR count). The van der Waals surface area contributed by atoms with Crippen molar-refractivity contribution in [1.29, 1.82) is 0 Å². The molecule has 0 aliphatic carbocycles. The van der Waals surface area contributed by atoms with E-state index in [0.717, 1.165) is 0 Å². The lowest BCUT2D eigenvalue weighted by Gasteiger charge is -2.10. The number of carbonyl (C=O) groups is 1.